The zero-order valence-electron chi connectivity index (χ0n) is 19.9. The second kappa shape index (κ2) is 11.5. The number of benzene rings is 1. The monoisotopic (exact) mass is 596 g/mol. The highest BCUT2D eigenvalue weighted by Crippen LogP contribution is 2.42. The normalized spacial score (nSPS) is 20.1. The fourth-order valence-electron chi connectivity index (χ4n) is 4.92. The van der Waals surface area contributed by atoms with Crippen LogP contribution >= 0.6 is 39.1 Å². The van der Waals surface area contributed by atoms with Gasteiger partial charge in [0.1, 0.15) is 15.8 Å². The highest BCUT2D eigenvalue weighted by Gasteiger charge is 2.61. The summed E-state index contributed by atoms with van der Waals surface area (Å²) in [5.74, 6) is -0.546. The van der Waals surface area contributed by atoms with E-state index in [1.165, 1.54) is 12.1 Å². The quantitative estimate of drug-likeness (QED) is 0.161. The number of hydrogen-bond donors (Lipinski definition) is 0. The third-order valence-electron chi connectivity index (χ3n) is 6.44. The summed E-state index contributed by atoms with van der Waals surface area (Å²) in [4.78, 5) is 44.8. The number of carbonyl (C=O) groups excluding carboxylic acids is 3. The van der Waals surface area contributed by atoms with E-state index < -0.39 is 11.6 Å². The van der Waals surface area contributed by atoms with Crippen molar-refractivity contribution in [3.8, 4) is 0 Å². The molecule has 3 heterocycles. The van der Waals surface area contributed by atoms with E-state index in [0.717, 1.165) is 21.4 Å². The summed E-state index contributed by atoms with van der Waals surface area (Å²) in [7, 11) is 0. The van der Waals surface area contributed by atoms with Gasteiger partial charge in [-0.2, -0.15) is 0 Å². The molecule has 0 bridgehead atoms. The largest absolute Gasteiger partial charge is 0.466 e. The molecule has 36 heavy (non-hydrogen) atoms. The molecule has 2 aliphatic heterocycles. The molecule has 2 aromatic rings. The maximum Gasteiger partial charge on any atom is 0.346 e. The molecule has 2 saturated heterocycles. The molecule has 3 amide bonds. The molecule has 0 saturated carbocycles. The van der Waals surface area contributed by atoms with Crippen molar-refractivity contribution in [2.24, 2.45) is 0 Å². The van der Waals surface area contributed by atoms with Gasteiger partial charge >= 0.3 is 12.0 Å². The van der Waals surface area contributed by atoms with Crippen molar-refractivity contribution in [1.82, 2.24) is 15.0 Å². The first-order valence-corrected chi connectivity index (χ1v) is 13.5. The summed E-state index contributed by atoms with van der Waals surface area (Å²) in [6, 6.07) is 10.3. The Kier molecular flexibility index (Phi) is 8.55. The average Bonchev–Trinajstić information content (AvgIpc) is 3.04. The van der Waals surface area contributed by atoms with E-state index in [0.29, 0.717) is 57.5 Å². The number of esters is 1. The Bertz CT molecular complexity index is 1130. The summed E-state index contributed by atoms with van der Waals surface area (Å²) in [5.41, 5.74) is 0.162. The van der Waals surface area contributed by atoms with Crippen molar-refractivity contribution in [2.75, 3.05) is 24.6 Å². The number of unbranched alkanes of at least 4 members (excludes halogenated alkanes) is 1. The van der Waals surface area contributed by atoms with E-state index in [-0.39, 0.29) is 22.2 Å². The number of amides is 3. The van der Waals surface area contributed by atoms with Crippen LogP contribution in [0.15, 0.2) is 40.9 Å². The molecule has 1 aromatic carbocycles. The van der Waals surface area contributed by atoms with Gasteiger partial charge < -0.3 is 4.74 Å². The molecule has 2 fully saturated rings. The van der Waals surface area contributed by atoms with Crippen LogP contribution in [0.4, 0.5) is 10.5 Å². The van der Waals surface area contributed by atoms with Gasteiger partial charge in [0.05, 0.1) is 12.3 Å². The first kappa shape index (κ1) is 26.9. The number of nitrogens with zero attached hydrogens (tertiary/aromatic N) is 4. The minimum atomic E-state index is -1.08. The Labute approximate surface area is 228 Å². The average molecular weight is 598 g/mol. The van der Waals surface area contributed by atoms with Crippen molar-refractivity contribution in [3.63, 3.8) is 0 Å². The van der Waals surface area contributed by atoms with E-state index in [2.05, 4.69) is 20.9 Å². The van der Waals surface area contributed by atoms with Crippen molar-refractivity contribution in [1.29, 1.82) is 0 Å². The summed E-state index contributed by atoms with van der Waals surface area (Å²) >= 11 is 15.7. The number of anilines is 1. The van der Waals surface area contributed by atoms with E-state index in [9.17, 15) is 14.4 Å². The summed E-state index contributed by atoms with van der Waals surface area (Å²) in [5, 5.41) is 3.76. The summed E-state index contributed by atoms with van der Waals surface area (Å²) < 4.78 is 5.94. The molecule has 192 valence electrons. The third kappa shape index (κ3) is 5.54. The number of aromatic nitrogens is 1. The number of imide groups is 1. The number of ether oxygens (including phenoxy) is 1. The molecule has 0 radical (unpaired) electrons. The zero-order valence-corrected chi connectivity index (χ0v) is 23.0. The smallest absolute Gasteiger partial charge is 0.346 e. The lowest BCUT2D eigenvalue weighted by Crippen LogP contribution is -2.62. The van der Waals surface area contributed by atoms with E-state index in [4.69, 9.17) is 27.9 Å². The maximum atomic E-state index is 14.1. The lowest BCUT2D eigenvalue weighted by atomic mass is 9.84. The second-order valence-electron chi connectivity index (χ2n) is 8.86. The number of urea groups is 1. The molecule has 1 atom stereocenters. The van der Waals surface area contributed by atoms with Gasteiger partial charge in [-0.05, 0) is 62.4 Å². The Morgan fingerprint density at radius 2 is 1.83 bits per heavy atom. The predicted molar refractivity (Wildman–Crippen MR) is 141 cm³/mol. The van der Waals surface area contributed by atoms with Crippen LogP contribution in [0.25, 0.3) is 0 Å². The highest BCUT2D eigenvalue weighted by molar-refractivity contribution is 9.10. The lowest BCUT2D eigenvalue weighted by Gasteiger charge is -2.46. The summed E-state index contributed by atoms with van der Waals surface area (Å²) in [6.45, 7) is 3.30. The van der Waals surface area contributed by atoms with Gasteiger partial charge in [0.15, 0.2) is 0 Å². The van der Waals surface area contributed by atoms with Crippen LogP contribution in [0.1, 0.15) is 44.6 Å². The minimum Gasteiger partial charge on any atom is -0.466 e. The highest BCUT2D eigenvalue weighted by atomic mass is 79.9. The number of hydrogen-bond acceptors (Lipinski definition) is 6. The number of hydrazine groups is 1. The number of carbonyl (C=O) groups is 3. The van der Waals surface area contributed by atoms with Crippen LogP contribution in [0, 0.1) is 0 Å². The fourth-order valence-corrected chi connectivity index (χ4v) is 5.63. The molecule has 1 unspecified atom stereocenters. The molecule has 0 aliphatic carbocycles. The van der Waals surface area contributed by atoms with Gasteiger partial charge in [-0.1, -0.05) is 51.3 Å². The third-order valence-corrected chi connectivity index (χ3v) is 7.35. The van der Waals surface area contributed by atoms with Gasteiger partial charge in [-0.15, -0.1) is 0 Å². The van der Waals surface area contributed by atoms with E-state index in [1.807, 2.05) is 29.3 Å². The molecule has 1 aromatic heterocycles. The molecule has 2 aliphatic rings. The van der Waals surface area contributed by atoms with Crippen LogP contribution in [0.5, 0.6) is 0 Å². The predicted octanol–water partition coefficient (Wildman–Crippen LogP) is 5.65. The molecule has 4 rings (SSSR count). The van der Waals surface area contributed by atoms with Crippen LogP contribution < -0.4 is 4.90 Å². The summed E-state index contributed by atoms with van der Waals surface area (Å²) in [6.07, 6.45) is 3.26. The zero-order chi connectivity index (χ0) is 25.9. The van der Waals surface area contributed by atoms with Crippen LogP contribution in [-0.4, -0.2) is 58.1 Å². The Hall–Kier alpha value is -2.20. The van der Waals surface area contributed by atoms with Crippen LogP contribution in [-0.2, 0) is 20.7 Å². The Morgan fingerprint density at radius 3 is 2.50 bits per heavy atom. The molecule has 11 heteroatoms. The van der Waals surface area contributed by atoms with Crippen molar-refractivity contribution in [3.05, 3.63) is 56.7 Å². The maximum absolute atomic E-state index is 14.1. The van der Waals surface area contributed by atoms with Crippen molar-refractivity contribution in [2.45, 2.75) is 51.0 Å². The first-order valence-electron chi connectivity index (χ1n) is 11.9. The fraction of sp³-hybridized carbons (Fsp3) is 0.440. The number of rotatable bonds is 9. The Balaban J connectivity index is 1.64. The van der Waals surface area contributed by atoms with Gasteiger partial charge in [-0.3, -0.25) is 9.59 Å². The van der Waals surface area contributed by atoms with Crippen molar-refractivity contribution < 1.29 is 19.1 Å². The number of fused-ring (bicyclic) bond motifs is 1. The molecular formula is C25H27BrCl2N4O4. The van der Waals surface area contributed by atoms with Crippen LogP contribution in [0.3, 0.4) is 0 Å². The second-order valence-corrected chi connectivity index (χ2v) is 10.6. The lowest BCUT2D eigenvalue weighted by molar-refractivity contribution is -0.143. The van der Waals surface area contributed by atoms with E-state index >= 15 is 0 Å². The number of pyridine rings is 1. The minimum absolute atomic E-state index is 0.0979. The SMILES string of the molecule is CCOC(=O)CCCCN1CCCC2(Cc3ccc(Br)cc3)C(=O)N(c3cc(Cl)nc(Cl)c3)C(=O)N12. The molecule has 0 N–H and O–H groups in total. The van der Waals surface area contributed by atoms with Gasteiger partial charge in [0.25, 0.3) is 5.91 Å². The molecule has 8 nitrogen and oxygen atoms in total. The Morgan fingerprint density at radius 1 is 1.14 bits per heavy atom. The topological polar surface area (TPSA) is 83.0 Å². The van der Waals surface area contributed by atoms with Crippen molar-refractivity contribution >= 4 is 62.7 Å². The molecular weight excluding hydrogens is 571 g/mol. The standard InChI is InChI=1S/C25H27BrCl2N4O4/c1-2-36-22(33)6-3-4-12-30-13-5-11-25(16-17-7-9-18(26)10-8-17)23(34)31(24(35)32(25)30)19-14-20(27)29-21(28)15-19/h7-10,14-15H,2-6,11-13,16H2,1H3. The van der Waals surface area contributed by atoms with Gasteiger partial charge in [-0.25, -0.2) is 24.7 Å². The van der Waals surface area contributed by atoms with Crippen LogP contribution in [0.2, 0.25) is 10.3 Å². The van der Waals surface area contributed by atoms with Gasteiger partial charge in [0.2, 0.25) is 0 Å². The van der Waals surface area contributed by atoms with Gasteiger partial charge in [0, 0.05) is 30.4 Å². The molecule has 0 spiro atoms. The first-order chi connectivity index (χ1) is 17.2. The van der Waals surface area contributed by atoms with E-state index in [1.54, 1.807) is 11.9 Å². The number of halogens is 3.